The fourth-order valence-corrected chi connectivity index (χ4v) is 4.02. The van der Waals surface area contributed by atoms with Gasteiger partial charge in [-0.25, -0.2) is 9.97 Å². The second kappa shape index (κ2) is 6.80. The van der Waals surface area contributed by atoms with E-state index in [2.05, 4.69) is 9.97 Å². The largest absolute Gasteiger partial charge is 0.434 e. The van der Waals surface area contributed by atoms with Crippen LogP contribution < -0.4 is 10.6 Å². The van der Waals surface area contributed by atoms with Gasteiger partial charge in [0, 0.05) is 30.6 Å². The second-order valence-corrected chi connectivity index (χ2v) is 7.04. The van der Waals surface area contributed by atoms with Crippen LogP contribution in [0.5, 0.6) is 0 Å². The summed E-state index contributed by atoms with van der Waals surface area (Å²) >= 11 is 7.21. The number of halogens is 4. The fourth-order valence-electron chi connectivity index (χ4n) is 2.77. The number of hydrogen-bond donors (Lipinski definition) is 1. The Balaban J connectivity index is 1.79. The Bertz CT molecular complexity index is 795. The molecule has 2 aromatic rings. The van der Waals surface area contributed by atoms with Gasteiger partial charge in [0.25, 0.3) is 0 Å². The lowest BCUT2D eigenvalue weighted by atomic mass is 9.98. The van der Waals surface area contributed by atoms with Crippen molar-refractivity contribution in [3.8, 4) is 0 Å². The number of nitrogens with zero attached hydrogens (tertiary/aromatic N) is 3. The van der Waals surface area contributed by atoms with Gasteiger partial charge in [0.1, 0.15) is 5.82 Å². The Kier molecular flexibility index (Phi) is 4.88. The van der Waals surface area contributed by atoms with Crippen LogP contribution in [0.4, 0.5) is 19.0 Å². The van der Waals surface area contributed by atoms with Crippen LogP contribution in [0, 0.1) is 0 Å². The second-order valence-electron chi connectivity index (χ2n) is 5.75. The minimum Gasteiger partial charge on any atom is -0.366 e. The molecular weight excluding hydrogens is 377 g/mol. The molecule has 0 aliphatic carbocycles. The summed E-state index contributed by atoms with van der Waals surface area (Å²) in [5.41, 5.74) is 4.55. The molecule has 25 heavy (non-hydrogen) atoms. The standard InChI is InChI=1S/C15H14ClF3N4OS/c16-10-4-9(12(20)24)5-21-13(10)23-3-1-2-8(6-23)14-22-11(7-25-14)15(17,18)19/h4-5,7-8H,1-3,6H2,(H2,20,24). The lowest BCUT2D eigenvalue weighted by Crippen LogP contribution is -2.35. The maximum absolute atomic E-state index is 12.7. The lowest BCUT2D eigenvalue weighted by molar-refractivity contribution is -0.140. The number of rotatable bonds is 3. The predicted octanol–water partition coefficient (Wildman–Crippen LogP) is 3.69. The van der Waals surface area contributed by atoms with Gasteiger partial charge in [-0.2, -0.15) is 13.2 Å². The Morgan fingerprint density at radius 3 is 2.80 bits per heavy atom. The molecule has 5 nitrogen and oxygen atoms in total. The van der Waals surface area contributed by atoms with Gasteiger partial charge in [-0.05, 0) is 18.9 Å². The predicted molar refractivity (Wildman–Crippen MR) is 89.1 cm³/mol. The number of amides is 1. The van der Waals surface area contributed by atoms with E-state index in [-0.39, 0.29) is 16.5 Å². The van der Waals surface area contributed by atoms with Gasteiger partial charge in [0.15, 0.2) is 5.69 Å². The molecule has 1 aliphatic rings. The minimum absolute atomic E-state index is 0.122. The van der Waals surface area contributed by atoms with E-state index in [9.17, 15) is 18.0 Å². The zero-order chi connectivity index (χ0) is 18.2. The molecule has 1 amide bonds. The molecule has 0 saturated carbocycles. The molecular formula is C15H14ClF3N4OS. The first kappa shape index (κ1) is 17.9. The molecule has 1 unspecified atom stereocenters. The van der Waals surface area contributed by atoms with Crippen molar-refractivity contribution in [1.82, 2.24) is 9.97 Å². The van der Waals surface area contributed by atoms with Crippen LogP contribution in [0.3, 0.4) is 0 Å². The Hall–Kier alpha value is -1.87. The zero-order valence-electron chi connectivity index (χ0n) is 12.9. The summed E-state index contributed by atoms with van der Waals surface area (Å²) in [6.45, 7) is 1.14. The summed E-state index contributed by atoms with van der Waals surface area (Å²) in [5.74, 6) is -0.257. The SMILES string of the molecule is NC(=O)c1cnc(N2CCCC(c3nc(C(F)(F)F)cs3)C2)c(Cl)c1. The third-order valence-corrected chi connectivity index (χ3v) is 5.27. The number of anilines is 1. The van der Waals surface area contributed by atoms with Crippen molar-refractivity contribution in [2.24, 2.45) is 5.73 Å². The highest BCUT2D eigenvalue weighted by Crippen LogP contribution is 2.36. The van der Waals surface area contributed by atoms with E-state index in [1.54, 1.807) is 0 Å². The van der Waals surface area contributed by atoms with E-state index in [0.717, 1.165) is 29.6 Å². The number of carbonyl (C=O) groups is 1. The van der Waals surface area contributed by atoms with Gasteiger partial charge >= 0.3 is 6.18 Å². The highest BCUT2D eigenvalue weighted by molar-refractivity contribution is 7.09. The summed E-state index contributed by atoms with van der Waals surface area (Å²) in [5, 5.41) is 1.79. The van der Waals surface area contributed by atoms with Crippen LogP contribution in [0.25, 0.3) is 0 Å². The van der Waals surface area contributed by atoms with Crippen molar-refractivity contribution >= 4 is 34.7 Å². The monoisotopic (exact) mass is 390 g/mol. The van der Waals surface area contributed by atoms with Gasteiger partial charge in [0.2, 0.25) is 5.91 Å². The Morgan fingerprint density at radius 2 is 2.20 bits per heavy atom. The Labute approximate surface area is 150 Å². The molecule has 0 aromatic carbocycles. The number of aromatic nitrogens is 2. The average molecular weight is 391 g/mol. The quantitative estimate of drug-likeness (QED) is 0.867. The maximum atomic E-state index is 12.7. The van der Waals surface area contributed by atoms with Crippen molar-refractivity contribution in [3.63, 3.8) is 0 Å². The highest BCUT2D eigenvalue weighted by atomic mass is 35.5. The van der Waals surface area contributed by atoms with Crippen LogP contribution >= 0.6 is 22.9 Å². The Morgan fingerprint density at radius 1 is 1.44 bits per heavy atom. The molecule has 1 aliphatic heterocycles. The van der Waals surface area contributed by atoms with E-state index in [4.69, 9.17) is 17.3 Å². The summed E-state index contributed by atoms with van der Waals surface area (Å²) in [6, 6.07) is 1.45. The topological polar surface area (TPSA) is 72.1 Å². The lowest BCUT2D eigenvalue weighted by Gasteiger charge is -2.33. The van der Waals surface area contributed by atoms with Crippen LogP contribution in [-0.2, 0) is 6.18 Å². The minimum atomic E-state index is -4.43. The number of carbonyl (C=O) groups excluding carboxylic acids is 1. The van der Waals surface area contributed by atoms with E-state index in [0.29, 0.717) is 23.9 Å². The van der Waals surface area contributed by atoms with Crippen LogP contribution in [0.2, 0.25) is 5.02 Å². The molecule has 3 heterocycles. The first-order valence-electron chi connectivity index (χ1n) is 7.48. The van der Waals surface area contributed by atoms with Crippen molar-refractivity contribution in [2.45, 2.75) is 24.9 Å². The zero-order valence-corrected chi connectivity index (χ0v) is 14.5. The fraction of sp³-hybridized carbons (Fsp3) is 0.400. The van der Waals surface area contributed by atoms with Gasteiger partial charge in [-0.3, -0.25) is 4.79 Å². The highest BCUT2D eigenvalue weighted by Gasteiger charge is 2.35. The molecule has 2 aromatic heterocycles. The molecule has 10 heteroatoms. The van der Waals surface area contributed by atoms with Gasteiger partial charge < -0.3 is 10.6 Å². The van der Waals surface area contributed by atoms with Crippen molar-refractivity contribution < 1.29 is 18.0 Å². The molecule has 0 radical (unpaired) electrons. The maximum Gasteiger partial charge on any atom is 0.434 e. The summed E-state index contributed by atoms with van der Waals surface area (Å²) in [7, 11) is 0. The van der Waals surface area contributed by atoms with Gasteiger partial charge in [-0.1, -0.05) is 11.6 Å². The number of primary amides is 1. The molecule has 134 valence electrons. The number of piperidine rings is 1. The average Bonchev–Trinajstić information content (AvgIpc) is 3.05. The van der Waals surface area contributed by atoms with Crippen molar-refractivity contribution in [3.05, 3.63) is 38.9 Å². The van der Waals surface area contributed by atoms with Gasteiger partial charge in [0.05, 0.1) is 15.6 Å². The van der Waals surface area contributed by atoms with Crippen LogP contribution in [-0.4, -0.2) is 29.0 Å². The molecule has 1 atom stereocenters. The van der Waals surface area contributed by atoms with E-state index >= 15 is 0 Å². The molecule has 3 rings (SSSR count). The van der Waals surface area contributed by atoms with Crippen molar-refractivity contribution in [1.29, 1.82) is 0 Å². The smallest absolute Gasteiger partial charge is 0.366 e. The number of hydrogen-bond acceptors (Lipinski definition) is 5. The summed E-state index contributed by atoms with van der Waals surface area (Å²) in [4.78, 5) is 21.0. The van der Waals surface area contributed by atoms with Crippen molar-refractivity contribution in [2.75, 3.05) is 18.0 Å². The summed E-state index contributed by atoms with van der Waals surface area (Å²) in [6.07, 6.45) is -1.56. The molecule has 0 bridgehead atoms. The first-order chi connectivity index (χ1) is 11.8. The van der Waals surface area contributed by atoms with E-state index in [1.807, 2.05) is 4.90 Å². The third-order valence-electron chi connectivity index (χ3n) is 3.99. The number of alkyl halides is 3. The molecule has 0 spiro atoms. The normalized spacial score (nSPS) is 18.4. The molecule has 1 fully saturated rings. The van der Waals surface area contributed by atoms with Gasteiger partial charge in [-0.15, -0.1) is 11.3 Å². The number of nitrogens with two attached hydrogens (primary N) is 1. The summed E-state index contributed by atoms with van der Waals surface area (Å²) < 4.78 is 38.2. The van der Waals surface area contributed by atoms with E-state index < -0.39 is 17.8 Å². The van der Waals surface area contributed by atoms with Crippen LogP contribution in [0.1, 0.15) is 39.8 Å². The molecule has 2 N–H and O–H groups in total. The van der Waals surface area contributed by atoms with Crippen LogP contribution in [0.15, 0.2) is 17.6 Å². The van der Waals surface area contributed by atoms with E-state index in [1.165, 1.54) is 12.3 Å². The third kappa shape index (κ3) is 3.87. The first-order valence-corrected chi connectivity index (χ1v) is 8.74. The number of thiazole rings is 1. The molecule has 1 saturated heterocycles. The number of pyridine rings is 1.